The molecule has 2 aromatic carbocycles. The summed E-state index contributed by atoms with van der Waals surface area (Å²) in [6.45, 7) is 2.99. The summed E-state index contributed by atoms with van der Waals surface area (Å²) in [4.78, 5) is 30.2. The van der Waals surface area contributed by atoms with Crippen molar-refractivity contribution in [2.24, 2.45) is 0 Å². The summed E-state index contributed by atoms with van der Waals surface area (Å²) in [5.41, 5.74) is 1.87. The third-order valence-electron chi connectivity index (χ3n) is 4.36. The van der Waals surface area contributed by atoms with Crippen molar-refractivity contribution in [1.29, 1.82) is 0 Å². The van der Waals surface area contributed by atoms with Crippen molar-refractivity contribution in [2.45, 2.75) is 26.3 Å². The number of carbonyl (C=O) groups excluding carboxylic acids is 1. The molecular weight excluding hydrogens is 392 g/mol. The van der Waals surface area contributed by atoms with E-state index in [1.54, 1.807) is 11.0 Å². The first-order valence-corrected chi connectivity index (χ1v) is 9.54. The van der Waals surface area contributed by atoms with Crippen LogP contribution in [0.25, 0.3) is 10.9 Å². The van der Waals surface area contributed by atoms with Gasteiger partial charge >= 0.3 is 0 Å². The first kappa shape index (κ1) is 18.4. The Morgan fingerprint density at radius 3 is 2.62 bits per heavy atom. The Morgan fingerprint density at radius 2 is 1.85 bits per heavy atom. The Labute approximate surface area is 161 Å². The number of aromatic nitrogens is 1. The maximum absolute atomic E-state index is 13.0. The molecule has 0 spiro atoms. The highest BCUT2D eigenvalue weighted by atomic mass is 79.9. The SMILES string of the molecule is CCCCN(Cc1cc2ccccc2[nH]c1=O)C(=O)c1ccccc1Br. The van der Waals surface area contributed by atoms with E-state index < -0.39 is 0 Å². The fourth-order valence-corrected chi connectivity index (χ4v) is 3.38. The maximum Gasteiger partial charge on any atom is 0.255 e. The van der Waals surface area contributed by atoms with Crippen LogP contribution in [0.1, 0.15) is 35.7 Å². The maximum atomic E-state index is 13.0. The Morgan fingerprint density at radius 1 is 1.12 bits per heavy atom. The zero-order valence-corrected chi connectivity index (χ0v) is 16.3. The molecule has 0 aliphatic carbocycles. The van der Waals surface area contributed by atoms with Gasteiger partial charge in [-0.25, -0.2) is 0 Å². The fourth-order valence-electron chi connectivity index (χ4n) is 2.92. The second kappa shape index (κ2) is 8.32. The molecule has 1 amide bonds. The lowest BCUT2D eigenvalue weighted by Gasteiger charge is -2.23. The van der Waals surface area contributed by atoms with Crippen LogP contribution in [0.5, 0.6) is 0 Å². The number of carbonyl (C=O) groups is 1. The number of hydrogen-bond donors (Lipinski definition) is 1. The molecule has 26 heavy (non-hydrogen) atoms. The zero-order chi connectivity index (χ0) is 18.5. The summed E-state index contributed by atoms with van der Waals surface area (Å²) in [6, 6.07) is 16.9. The molecule has 0 unspecified atom stereocenters. The number of pyridine rings is 1. The molecule has 0 aliphatic rings. The Bertz CT molecular complexity index is 981. The lowest BCUT2D eigenvalue weighted by molar-refractivity contribution is 0.0739. The van der Waals surface area contributed by atoms with Gasteiger partial charge in [0.05, 0.1) is 12.1 Å². The van der Waals surface area contributed by atoms with Crippen molar-refractivity contribution in [1.82, 2.24) is 9.88 Å². The number of nitrogens with zero attached hydrogens (tertiary/aromatic N) is 1. The van der Waals surface area contributed by atoms with Gasteiger partial charge in [-0.05, 0) is 52.0 Å². The Hall–Kier alpha value is -2.40. The highest BCUT2D eigenvalue weighted by Gasteiger charge is 2.19. The third-order valence-corrected chi connectivity index (χ3v) is 5.06. The van der Waals surface area contributed by atoms with Gasteiger partial charge in [0, 0.05) is 22.1 Å². The van der Waals surface area contributed by atoms with E-state index in [1.165, 1.54) is 0 Å². The van der Waals surface area contributed by atoms with Crippen LogP contribution in [-0.4, -0.2) is 22.3 Å². The first-order chi connectivity index (χ1) is 12.6. The van der Waals surface area contributed by atoms with Gasteiger partial charge in [0.1, 0.15) is 0 Å². The highest BCUT2D eigenvalue weighted by Crippen LogP contribution is 2.20. The molecule has 1 N–H and O–H groups in total. The van der Waals surface area contributed by atoms with Crippen molar-refractivity contribution >= 4 is 32.7 Å². The van der Waals surface area contributed by atoms with Crippen LogP contribution in [0.2, 0.25) is 0 Å². The Kier molecular flexibility index (Phi) is 5.89. The van der Waals surface area contributed by atoms with Crippen LogP contribution in [0.3, 0.4) is 0 Å². The predicted octanol–water partition coefficient (Wildman–Crippen LogP) is 4.73. The number of amides is 1. The van der Waals surface area contributed by atoms with E-state index in [1.807, 2.05) is 48.5 Å². The van der Waals surface area contributed by atoms with E-state index in [0.29, 0.717) is 24.2 Å². The summed E-state index contributed by atoms with van der Waals surface area (Å²) >= 11 is 3.45. The number of H-pyrrole nitrogens is 1. The van der Waals surface area contributed by atoms with Crippen LogP contribution in [0.4, 0.5) is 0 Å². The van der Waals surface area contributed by atoms with Gasteiger partial charge in [0.15, 0.2) is 0 Å². The molecule has 134 valence electrons. The second-order valence-corrected chi connectivity index (χ2v) is 7.13. The summed E-state index contributed by atoms with van der Waals surface area (Å²) in [5, 5.41) is 0.964. The number of unbranched alkanes of at least 4 members (excludes halogenated alkanes) is 1. The standard InChI is InChI=1S/C21H21BrN2O2/c1-2-3-12-24(21(26)17-9-5-6-10-18(17)22)14-16-13-15-8-4-7-11-19(15)23-20(16)25/h4-11,13H,2-3,12,14H2,1H3,(H,23,25). The molecule has 1 aromatic heterocycles. The van der Waals surface area contributed by atoms with E-state index in [9.17, 15) is 9.59 Å². The van der Waals surface area contributed by atoms with Crippen LogP contribution >= 0.6 is 15.9 Å². The lowest BCUT2D eigenvalue weighted by Crippen LogP contribution is -2.34. The fraction of sp³-hybridized carbons (Fsp3) is 0.238. The van der Waals surface area contributed by atoms with Crippen LogP contribution in [-0.2, 0) is 6.54 Å². The van der Waals surface area contributed by atoms with Gasteiger partial charge in [-0.1, -0.05) is 43.7 Å². The summed E-state index contributed by atoms with van der Waals surface area (Å²) in [7, 11) is 0. The van der Waals surface area contributed by atoms with Crippen molar-refractivity contribution in [3.8, 4) is 0 Å². The molecule has 0 saturated heterocycles. The minimum Gasteiger partial charge on any atom is -0.334 e. The van der Waals surface area contributed by atoms with E-state index in [0.717, 1.165) is 28.2 Å². The van der Waals surface area contributed by atoms with Crippen molar-refractivity contribution < 1.29 is 4.79 Å². The molecular formula is C21H21BrN2O2. The predicted molar refractivity (Wildman–Crippen MR) is 108 cm³/mol. The molecule has 0 radical (unpaired) electrons. The second-order valence-electron chi connectivity index (χ2n) is 6.27. The van der Waals surface area contributed by atoms with E-state index in [-0.39, 0.29) is 11.5 Å². The summed E-state index contributed by atoms with van der Waals surface area (Å²) in [5.74, 6) is -0.0708. The number of nitrogens with one attached hydrogen (secondary N) is 1. The average molecular weight is 413 g/mol. The molecule has 1 heterocycles. The molecule has 0 aliphatic heterocycles. The first-order valence-electron chi connectivity index (χ1n) is 8.75. The summed E-state index contributed by atoms with van der Waals surface area (Å²) < 4.78 is 0.763. The van der Waals surface area contributed by atoms with E-state index in [2.05, 4.69) is 27.8 Å². The molecule has 0 fully saturated rings. The topological polar surface area (TPSA) is 53.2 Å². The quantitative estimate of drug-likeness (QED) is 0.635. The number of fused-ring (bicyclic) bond motifs is 1. The van der Waals surface area contributed by atoms with Gasteiger partial charge in [-0.2, -0.15) is 0 Å². The number of aromatic amines is 1. The molecule has 0 bridgehead atoms. The molecule has 0 saturated carbocycles. The molecule has 3 aromatic rings. The Balaban J connectivity index is 1.94. The number of hydrogen-bond acceptors (Lipinski definition) is 2. The normalized spacial score (nSPS) is 10.8. The van der Waals surface area contributed by atoms with Crippen molar-refractivity contribution in [3.05, 3.63) is 80.6 Å². The molecule has 0 atom stereocenters. The summed E-state index contributed by atoms with van der Waals surface area (Å²) in [6.07, 6.45) is 1.87. The minimum absolute atomic E-state index is 0.0708. The number of para-hydroxylation sites is 1. The van der Waals surface area contributed by atoms with E-state index >= 15 is 0 Å². The number of benzene rings is 2. The van der Waals surface area contributed by atoms with E-state index in [4.69, 9.17) is 0 Å². The van der Waals surface area contributed by atoms with Gasteiger partial charge in [-0.15, -0.1) is 0 Å². The van der Waals surface area contributed by atoms with Gasteiger partial charge < -0.3 is 9.88 Å². The number of halogens is 1. The van der Waals surface area contributed by atoms with Gasteiger partial charge in [-0.3, -0.25) is 9.59 Å². The average Bonchev–Trinajstić information content (AvgIpc) is 2.65. The van der Waals surface area contributed by atoms with Crippen molar-refractivity contribution in [3.63, 3.8) is 0 Å². The number of rotatable bonds is 6. The van der Waals surface area contributed by atoms with Crippen LogP contribution in [0, 0.1) is 0 Å². The molecule has 4 nitrogen and oxygen atoms in total. The highest BCUT2D eigenvalue weighted by molar-refractivity contribution is 9.10. The zero-order valence-electron chi connectivity index (χ0n) is 14.7. The smallest absolute Gasteiger partial charge is 0.255 e. The molecule has 3 rings (SSSR count). The lowest BCUT2D eigenvalue weighted by atomic mass is 10.1. The monoisotopic (exact) mass is 412 g/mol. The van der Waals surface area contributed by atoms with Crippen LogP contribution in [0.15, 0.2) is 63.9 Å². The van der Waals surface area contributed by atoms with Crippen LogP contribution < -0.4 is 5.56 Å². The van der Waals surface area contributed by atoms with Gasteiger partial charge in [0.2, 0.25) is 0 Å². The molecule has 5 heteroatoms. The van der Waals surface area contributed by atoms with Crippen molar-refractivity contribution in [2.75, 3.05) is 6.54 Å². The minimum atomic E-state index is -0.148. The third kappa shape index (κ3) is 4.05. The van der Waals surface area contributed by atoms with Gasteiger partial charge in [0.25, 0.3) is 11.5 Å². The largest absolute Gasteiger partial charge is 0.334 e.